The van der Waals surface area contributed by atoms with E-state index in [2.05, 4.69) is 50.9 Å². The number of nitrogens with zero attached hydrogens (tertiary/aromatic N) is 2. The molecule has 0 aliphatic rings. The highest BCUT2D eigenvalue weighted by Gasteiger charge is 2.13. The lowest BCUT2D eigenvalue weighted by molar-refractivity contribution is -0.137. The molecule has 5 nitrogen and oxygen atoms in total. The standard InChI is InChI=1S/C25H28N2O3/c1-5-6-21(13-24(28)29)20-7-9-23(10-8-20)30-16-19-11-18(4)25-22(12-19)15-27(26-25)14-17(2)3/h7-12,15,17,21H,13-14,16H2,1-4H3,(H,28,29)/t21-/m0/s1. The minimum absolute atomic E-state index is 0.00910. The van der Waals surface area contributed by atoms with E-state index in [9.17, 15) is 4.79 Å². The Labute approximate surface area is 177 Å². The van der Waals surface area contributed by atoms with Crippen LogP contribution in [0.4, 0.5) is 0 Å². The van der Waals surface area contributed by atoms with Crippen molar-refractivity contribution in [3.05, 3.63) is 59.3 Å². The Morgan fingerprint density at radius 3 is 2.60 bits per heavy atom. The average Bonchev–Trinajstić information content (AvgIpc) is 3.08. The maximum absolute atomic E-state index is 11.1. The first-order chi connectivity index (χ1) is 14.4. The third-order valence-corrected chi connectivity index (χ3v) is 4.84. The summed E-state index contributed by atoms with van der Waals surface area (Å²) in [6, 6.07) is 11.7. The Morgan fingerprint density at radius 1 is 1.23 bits per heavy atom. The van der Waals surface area contributed by atoms with Gasteiger partial charge in [-0.05, 0) is 54.7 Å². The van der Waals surface area contributed by atoms with Crippen LogP contribution >= 0.6 is 0 Å². The zero-order valence-electron chi connectivity index (χ0n) is 18.0. The van der Waals surface area contributed by atoms with Crippen LogP contribution in [-0.2, 0) is 17.9 Å². The van der Waals surface area contributed by atoms with Gasteiger partial charge in [-0.2, -0.15) is 5.10 Å². The van der Waals surface area contributed by atoms with Crippen LogP contribution in [0, 0.1) is 24.7 Å². The van der Waals surface area contributed by atoms with Crippen molar-refractivity contribution in [3.63, 3.8) is 0 Å². The molecule has 0 radical (unpaired) electrons. The highest BCUT2D eigenvalue weighted by Crippen LogP contribution is 2.24. The van der Waals surface area contributed by atoms with Crippen molar-refractivity contribution in [1.82, 2.24) is 9.78 Å². The number of rotatable bonds is 8. The Balaban J connectivity index is 1.71. The van der Waals surface area contributed by atoms with E-state index in [0.717, 1.165) is 39.9 Å². The van der Waals surface area contributed by atoms with Crippen molar-refractivity contribution in [2.45, 2.75) is 53.2 Å². The summed E-state index contributed by atoms with van der Waals surface area (Å²) in [5.41, 5.74) is 4.14. The van der Waals surface area contributed by atoms with Crippen molar-refractivity contribution in [2.24, 2.45) is 5.92 Å². The van der Waals surface area contributed by atoms with Crippen molar-refractivity contribution >= 4 is 16.9 Å². The topological polar surface area (TPSA) is 64.3 Å². The summed E-state index contributed by atoms with van der Waals surface area (Å²) in [6.45, 7) is 9.52. The molecule has 0 bridgehead atoms. The minimum atomic E-state index is -0.856. The summed E-state index contributed by atoms with van der Waals surface area (Å²) in [6.07, 6.45) is 2.09. The molecule has 0 fully saturated rings. The van der Waals surface area contributed by atoms with Gasteiger partial charge >= 0.3 is 5.97 Å². The molecular formula is C25H28N2O3. The number of aliphatic carboxylic acids is 1. The maximum atomic E-state index is 11.1. The van der Waals surface area contributed by atoms with E-state index in [1.54, 1.807) is 6.92 Å². The summed E-state index contributed by atoms with van der Waals surface area (Å²) in [4.78, 5) is 11.1. The zero-order valence-corrected chi connectivity index (χ0v) is 18.0. The lowest BCUT2D eigenvalue weighted by Crippen LogP contribution is -2.04. The smallest absolute Gasteiger partial charge is 0.304 e. The van der Waals surface area contributed by atoms with Crippen LogP contribution in [0.3, 0.4) is 0 Å². The van der Waals surface area contributed by atoms with Crippen molar-refractivity contribution in [1.29, 1.82) is 0 Å². The first-order valence-electron chi connectivity index (χ1n) is 10.2. The number of aryl methyl sites for hydroxylation is 1. The monoisotopic (exact) mass is 404 g/mol. The number of ether oxygens (including phenoxy) is 1. The highest BCUT2D eigenvalue weighted by molar-refractivity contribution is 5.82. The van der Waals surface area contributed by atoms with E-state index in [1.165, 1.54) is 0 Å². The lowest BCUT2D eigenvalue weighted by Gasteiger charge is -2.11. The van der Waals surface area contributed by atoms with Crippen LogP contribution in [-0.4, -0.2) is 20.9 Å². The van der Waals surface area contributed by atoms with Crippen LogP contribution in [0.25, 0.3) is 10.9 Å². The van der Waals surface area contributed by atoms with Gasteiger partial charge in [-0.15, -0.1) is 5.92 Å². The molecule has 0 aliphatic carbocycles. The van der Waals surface area contributed by atoms with Gasteiger partial charge in [0.15, 0.2) is 0 Å². The highest BCUT2D eigenvalue weighted by atomic mass is 16.5. The second kappa shape index (κ2) is 9.49. The summed E-state index contributed by atoms with van der Waals surface area (Å²) in [7, 11) is 0. The molecule has 1 N–H and O–H groups in total. The van der Waals surface area contributed by atoms with E-state index in [0.29, 0.717) is 12.5 Å². The van der Waals surface area contributed by atoms with Crippen molar-refractivity contribution < 1.29 is 14.6 Å². The number of carboxylic acid groups (broad SMARTS) is 1. The van der Waals surface area contributed by atoms with E-state index in [-0.39, 0.29) is 12.3 Å². The average molecular weight is 405 g/mol. The van der Waals surface area contributed by atoms with Gasteiger partial charge in [0.05, 0.1) is 17.9 Å². The fourth-order valence-corrected chi connectivity index (χ4v) is 3.55. The van der Waals surface area contributed by atoms with Crippen LogP contribution in [0.5, 0.6) is 5.75 Å². The van der Waals surface area contributed by atoms with Gasteiger partial charge in [-0.25, -0.2) is 0 Å². The first-order valence-corrected chi connectivity index (χ1v) is 10.2. The molecule has 5 heteroatoms. The molecule has 2 aromatic carbocycles. The summed E-state index contributed by atoms with van der Waals surface area (Å²) in [5, 5.41) is 14.9. The van der Waals surface area contributed by atoms with Gasteiger partial charge in [0, 0.05) is 18.1 Å². The summed E-state index contributed by atoms with van der Waals surface area (Å²) >= 11 is 0. The maximum Gasteiger partial charge on any atom is 0.304 e. The molecule has 156 valence electrons. The van der Waals surface area contributed by atoms with E-state index in [4.69, 9.17) is 14.9 Å². The zero-order chi connectivity index (χ0) is 21.7. The molecule has 0 saturated carbocycles. The molecular weight excluding hydrogens is 376 g/mol. The van der Waals surface area contributed by atoms with Gasteiger partial charge in [0.25, 0.3) is 0 Å². The lowest BCUT2D eigenvalue weighted by atomic mass is 9.96. The van der Waals surface area contributed by atoms with Crippen molar-refractivity contribution in [2.75, 3.05) is 0 Å². The summed E-state index contributed by atoms with van der Waals surface area (Å²) in [5.74, 6) is 5.90. The van der Waals surface area contributed by atoms with Gasteiger partial charge < -0.3 is 9.84 Å². The number of carboxylic acids is 1. The molecule has 3 rings (SSSR count). The third kappa shape index (κ3) is 5.42. The number of fused-ring (bicyclic) bond motifs is 1. The first kappa shape index (κ1) is 21.4. The van der Waals surface area contributed by atoms with Crippen LogP contribution in [0.2, 0.25) is 0 Å². The Kier molecular flexibility index (Phi) is 6.79. The predicted octanol–water partition coefficient (Wildman–Crippen LogP) is 5.16. The van der Waals surface area contributed by atoms with Gasteiger partial charge in [-0.3, -0.25) is 9.48 Å². The van der Waals surface area contributed by atoms with Gasteiger partial charge in [0.2, 0.25) is 0 Å². The second-order valence-corrected chi connectivity index (χ2v) is 8.00. The molecule has 1 heterocycles. The number of benzene rings is 2. The van der Waals surface area contributed by atoms with Crippen LogP contribution in [0.15, 0.2) is 42.6 Å². The fourth-order valence-electron chi connectivity index (χ4n) is 3.55. The number of aromatic nitrogens is 2. The molecule has 0 saturated heterocycles. The molecule has 30 heavy (non-hydrogen) atoms. The van der Waals surface area contributed by atoms with E-state index < -0.39 is 5.97 Å². The number of hydrogen-bond donors (Lipinski definition) is 1. The van der Waals surface area contributed by atoms with E-state index >= 15 is 0 Å². The van der Waals surface area contributed by atoms with Gasteiger partial charge in [0.1, 0.15) is 12.4 Å². The summed E-state index contributed by atoms with van der Waals surface area (Å²) < 4.78 is 7.98. The molecule has 1 atom stereocenters. The quantitative estimate of drug-likeness (QED) is 0.527. The molecule has 1 aromatic heterocycles. The largest absolute Gasteiger partial charge is 0.489 e. The third-order valence-electron chi connectivity index (χ3n) is 4.84. The predicted molar refractivity (Wildman–Crippen MR) is 119 cm³/mol. The SMILES string of the molecule is CC#C[C@@H](CC(=O)O)c1ccc(OCc2cc(C)c3nn(CC(C)C)cc3c2)cc1. The van der Waals surface area contributed by atoms with Gasteiger partial charge in [-0.1, -0.05) is 38.0 Å². The Bertz CT molecular complexity index is 1090. The normalized spacial score (nSPS) is 11.9. The van der Waals surface area contributed by atoms with Crippen LogP contribution in [0.1, 0.15) is 49.8 Å². The molecule has 0 unspecified atom stereocenters. The molecule has 3 aromatic rings. The second-order valence-electron chi connectivity index (χ2n) is 8.00. The number of hydrogen-bond acceptors (Lipinski definition) is 3. The Morgan fingerprint density at radius 2 is 1.97 bits per heavy atom. The molecule has 0 spiro atoms. The number of carbonyl (C=O) groups is 1. The molecule has 0 amide bonds. The Hall–Kier alpha value is -3.26. The van der Waals surface area contributed by atoms with E-state index in [1.807, 2.05) is 28.9 Å². The molecule has 0 aliphatic heterocycles. The van der Waals surface area contributed by atoms with Crippen LogP contribution < -0.4 is 4.74 Å². The van der Waals surface area contributed by atoms with Crippen molar-refractivity contribution in [3.8, 4) is 17.6 Å². The fraction of sp³-hybridized carbons (Fsp3) is 0.360. The minimum Gasteiger partial charge on any atom is -0.489 e.